The van der Waals surface area contributed by atoms with Crippen molar-refractivity contribution in [1.82, 2.24) is 9.97 Å². The number of anilines is 2. The quantitative estimate of drug-likeness (QED) is 0.885. The molecule has 0 spiro atoms. The zero-order chi connectivity index (χ0) is 16.5. The second-order valence-corrected chi connectivity index (χ2v) is 6.91. The maximum Gasteiger partial charge on any atom is 0.136 e. The summed E-state index contributed by atoms with van der Waals surface area (Å²) in [6.45, 7) is 3.92. The number of benzene rings is 1. The van der Waals surface area contributed by atoms with Crippen molar-refractivity contribution < 1.29 is 5.11 Å². The number of aromatic nitrogens is 2. The van der Waals surface area contributed by atoms with Crippen LogP contribution >= 0.6 is 0 Å². The summed E-state index contributed by atoms with van der Waals surface area (Å²) in [5.74, 6) is 3.27. The van der Waals surface area contributed by atoms with Gasteiger partial charge >= 0.3 is 0 Å². The van der Waals surface area contributed by atoms with Crippen LogP contribution in [-0.2, 0) is 13.0 Å². The number of hydrogen-bond acceptors (Lipinski definition) is 5. The molecule has 1 aromatic heterocycles. The topological polar surface area (TPSA) is 61.3 Å². The number of aliphatic hydroxyl groups excluding tert-OH is 1. The van der Waals surface area contributed by atoms with Gasteiger partial charge in [-0.2, -0.15) is 0 Å². The second kappa shape index (κ2) is 6.40. The Morgan fingerprint density at radius 1 is 1.25 bits per heavy atom. The molecule has 1 aromatic carbocycles. The maximum atomic E-state index is 9.30. The van der Waals surface area contributed by atoms with E-state index >= 15 is 0 Å². The van der Waals surface area contributed by atoms with E-state index in [2.05, 4.69) is 39.5 Å². The van der Waals surface area contributed by atoms with Crippen molar-refractivity contribution in [1.29, 1.82) is 0 Å². The molecule has 1 saturated carbocycles. The van der Waals surface area contributed by atoms with Gasteiger partial charge in [0, 0.05) is 31.1 Å². The molecule has 24 heavy (non-hydrogen) atoms. The van der Waals surface area contributed by atoms with Gasteiger partial charge < -0.3 is 15.3 Å². The van der Waals surface area contributed by atoms with Gasteiger partial charge in [-0.1, -0.05) is 24.3 Å². The van der Waals surface area contributed by atoms with Gasteiger partial charge in [0.25, 0.3) is 0 Å². The summed E-state index contributed by atoms with van der Waals surface area (Å²) in [7, 11) is 0. The van der Waals surface area contributed by atoms with Gasteiger partial charge in [-0.15, -0.1) is 0 Å². The highest BCUT2D eigenvalue weighted by atomic mass is 16.3. The minimum absolute atomic E-state index is 0.0121. The number of nitrogens with one attached hydrogen (secondary N) is 1. The minimum atomic E-state index is -0.0121. The van der Waals surface area contributed by atoms with E-state index in [0.717, 1.165) is 37.0 Å². The van der Waals surface area contributed by atoms with Crippen LogP contribution in [0.2, 0.25) is 0 Å². The van der Waals surface area contributed by atoms with Gasteiger partial charge in [0.1, 0.15) is 17.5 Å². The van der Waals surface area contributed by atoms with Crippen molar-refractivity contribution in [2.45, 2.75) is 44.7 Å². The molecule has 0 unspecified atom stereocenters. The van der Waals surface area contributed by atoms with E-state index < -0.39 is 0 Å². The summed E-state index contributed by atoms with van der Waals surface area (Å²) in [6.07, 6.45) is 3.41. The summed E-state index contributed by atoms with van der Waals surface area (Å²) in [5, 5.41) is 12.6. The Labute approximate surface area is 142 Å². The predicted octanol–water partition coefficient (Wildman–Crippen LogP) is 2.71. The molecule has 2 aliphatic rings. The normalized spacial score (nSPS) is 18.2. The van der Waals surface area contributed by atoms with Crippen LogP contribution in [0, 0.1) is 0 Å². The fourth-order valence-corrected chi connectivity index (χ4v) is 3.20. The third-order valence-electron chi connectivity index (χ3n) is 4.80. The molecular weight excluding hydrogens is 300 g/mol. The molecular formula is C19H24N4O. The first-order chi connectivity index (χ1) is 11.7. The van der Waals surface area contributed by atoms with E-state index in [4.69, 9.17) is 4.98 Å². The number of nitrogens with zero attached hydrogens (tertiary/aromatic N) is 3. The Morgan fingerprint density at radius 2 is 2.04 bits per heavy atom. The van der Waals surface area contributed by atoms with Crippen molar-refractivity contribution in [3.8, 4) is 0 Å². The first kappa shape index (κ1) is 15.4. The fraction of sp³-hybridized carbons (Fsp3) is 0.474. The molecule has 0 radical (unpaired) electrons. The first-order valence-electron chi connectivity index (χ1n) is 8.81. The molecule has 1 aliphatic heterocycles. The van der Waals surface area contributed by atoms with Crippen LogP contribution in [0.4, 0.5) is 11.6 Å². The molecule has 1 fully saturated rings. The average Bonchev–Trinajstić information content (AvgIpc) is 3.46. The van der Waals surface area contributed by atoms with E-state index in [9.17, 15) is 5.11 Å². The van der Waals surface area contributed by atoms with E-state index in [0.29, 0.717) is 5.92 Å². The van der Waals surface area contributed by atoms with Gasteiger partial charge in [0.2, 0.25) is 0 Å². The molecule has 1 atom stereocenters. The van der Waals surface area contributed by atoms with Gasteiger partial charge in [0.05, 0.1) is 6.61 Å². The van der Waals surface area contributed by atoms with Crippen LogP contribution in [0.25, 0.3) is 0 Å². The van der Waals surface area contributed by atoms with E-state index in [1.165, 1.54) is 24.0 Å². The van der Waals surface area contributed by atoms with Crippen LogP contribution in [0.15, 0.2) is 30.3 Å². The molecule has 1 aliphatic carbocycles. The zero-order valence-electron chi connectivity index (χ0n) is 14.1. The largest absolute Gasteiger partial charge is 0.394 e. The first-order valence-corrected chi connectivity index (χ1v) is 8.81. The summed E-state index contributed by atoms with van der Waals surface area (Å²) < 4.78 is 0. The van der Waals surface area contributed by atoms with Crippen LogP contribution in [0.3, 0.4) is 0 Å². The predicted molar refractivity (Wildman–Crippen MR) is 95.4 cm³/mol. The summed E-state index contributed by atoms with van der Waals surface area (Å²) in [4.78, 5) is 11.8. The van der Waals surface area contributed by atoms with Gasteiger partial charge in [0.15, 0.2) is 0 Å². The minimum Gasteiger partial charge on any atom is -0.394 e. The Morgan fingerprint density at radius 3 is 2.79 bits per heavy atom. The number of aliphatic hydroxyl groups is 1. The fourth-order valence-electron chi connectivity index (χ4n) is 3.20. The highest BCUT2D eigenvalue weighted by Crippen LogP contribution is 2.39. The molecule has 0 amide bonds. The van der Waals surface area contributed by atoms with Crippen molar-refractivity contribution >= 4 is 11.6 Å². The van der Waals surface area contributed by atoms with Gasteiger partial charge in [-0.05, 0) is 37.3 Å². The SMILES string of the molecule is C[C@@H](CO)Nc1cc(N2CCc3ccccc3C2)nc(C2CC2)n1. The number of hydrogen-bond donors (Lipinski definition) is 2. The lowest BCUT2D eigenvalue weighted by Gasteiger charge is -2.30. The lowest BCUT2D eigenvalue weighted by Crippen LogP contribution is -2.31. The number of rotatable bonds is 5. The molecule has 0 bridgehead atoms. The van der Waals surface area contributed by atoms with Crippen LogP contribution < -0.4 is 10.2 Å². The Hall–Kier alpha value is -2.14. The molecule has 2 aromatic rings. The molecule has 126 valence electrons. The maximum absolute atomic E-state index is 9.30. The third-order valence-corrected chi connectivity index (χ3v) is 4.80. The Bertz CT molecular complexity index is 729. The van der Waals surface area contributed by atoms with Crippen molar-refractivity contribution in [2.24, 2.45) is 0 Å². The molecule has 2 heterocycles. The van der Waals surface area contributed by atoms with Gasteiger partial charge in [-0.25, -0.2) is 9.97 Å². The van der Waals surface area contributed by atoms with Crippen molar-refractivity contribution in [2.75, 3.05) is 23.4 Å². The Balaban J connectivity index is 1.62. The zero-order valence-corrected chi connectivity index (χ0v) is 14.1. The standard InChI is InChI=1S/C19H24N4O/c1-13(12-24)20-17-10-18(22-19(21-17)15-6-7-15)23-9-8-14-4-2-3-5-16(14)11-23/h2-5,10,13,15,24H,6-9,11-12H2,1H3,(H,20,21,22)/t13-/m0/s1. The van der Waals surface area contributed by atoms with Crippen LogP contribution in [0.1, 0.15) is 42.6 Å². The van der Waals surface area contributed by atoms with E-state index in [1.54, 1.807) is 0 Å². The molecule has 5 heteroatoms. The Kier molecular flexibility index (Phi) is 4.10. The van der Waals surface area contributed by atoms with Crippen molar-refractivity contribution in [3.63, 3.8) is 0 Å². The lowest BCUT2D eigenvalue weighted by atomic mass is 10.00. The van der Waals surface area contributed by atoms with Crippen LogP contribution in [-0.4, -0.2) is 34.3 Å². The average molecular weight is 324 g/mol. The summed E-state index contributed by atoms with van der Waals surface area (Å²) in [6, 6.07) is 10.7. The van der Waals surface area contributed by atoms with Crippen LogP contribution in [0.5, 0.6) is 0 Å². The summed E-state index contributed by atoms with van der Waals surface area (Å²) >= 11 is 0. The van der Waals surface area contributed by atoms with E-state index in [-0.39, 0.29) is 12.6 Å². The molecule has 0 saturated heterocycles. The van der Waals surface area contributed by atoms with E-state index in [1.807, 2.05) is 13.0 Å². The lowest BCUT2D eigenvalue weighted by molar-refractivity contribution is 0.281. The molecule has 2 N–H and O–H groups in total. The van der Waals surface area contributed by atoms with Gasteiger partial charge in [-0.3, -0.25) is 0 Å². The molecule has 4 rings (SSSR count). The van der Waals surface area contributed by atoms with Crippen molar-refractivity contribution in [3.05, 3.63) is 47.3 Å². The monoisotopic (exact) mass is 324 g/mol. The highest BCUT2D eigenvalue weighted by molar-refractivity contribution is 5.52. The molecule has 5 nitrogen and oxygen atoms in total. The smallest absolute Gasteiger partial charge is 0.136 e. The highest BCUT2D eigenvalue weighted by Gasteiger charge is 2.28. The second-order valence-electron chi connectivity index (χ2n) is 6.91. The number of fused-ring (bicyclic) bond motifs is 1. The summed E-state index contributed by atoms with van der Waals surface area (Å²) in [5.41, 5.74) is 2.83. The third kappa shape index (κ3) is 3.22.